The standard InChI is InChI=1S/C21H26N4O4S/c26-20-18(15-22-21(27)23-20)30(28,29)25-13-11-24(12-14-25)19(16-7-3-1-4-8-16)17-9-5-2-6-10-17/h1-10,18-19,21-22,27H,11-15H2,(H,23,26). The molecule has 2 saturated heterocycles. The molecule has 4 rings (SSSR count). The fraction of sp³-hybridized carbons (Fsp3) is 0.381. The Hall–Kier alpha value is -2.30. The molecule has 2 aliphatic heterocycles. The van der Waals surface area contributed by atoms with Crippen LogP contribution in [0.2, 0.25) is 0 Å². The molecule has 160 valence electrons. The smallest absolute Gasteiger partial charge is 0.244 e. The van der Waals surface area contributed by atoms with E-state index in [1.807, 2.05) is 36.4 Å². The molecule has 0 radical (unpaired) electrons. The minimum absolute atomic E-state index is 0.0343. The summed E-state index contributed by atoms with van der Waals surface area (Å²) in [6, 6.07) is 20.4. The molecule has 0 bridgehead atoms. The van der Waals surface area contributed by atoms with E-state index >= 15 is 0 Å². The molecule has 8 nitrogen and oxygen atoms in total. The third kappa shape index (κ3) is 4.26. The first-order valence-electron chi connectivity index (χ1n) is 10.0. The van der Waals surface area contributed by atoms with E-state index in [2.05, 4.69) is 39.8 Å². The van der Waals surface area contributed by atoms with E-state index in [0.29, 0.717) is 26.2 Å². The number of sulfonamides is 1. The fourth-order valence-corrected chi connectivity index (χ4v) is 5.79. The van der Waals surface area contributed by atoms with Gasteiger partial charge in [-0.2, -0.15) is 4.31 Å². The van der Waals surface area contributed by atoms with Gasteiger partial charge in [-0.05, 0) is 11.1 Å². The SMILES string of the molecule is O=C1NC(O)NCC1S(=O)(=O)N1CCN(C(c2ccccc2)c2ccccc2)CC1. The van der Waals surface area contributed by atoms with Crippen LogP contribution in [0.4, 0.5) is 0 Å². The maximum absolute atomic E-state index is 13.0. The Bertz CT molecular complexity index is 924. The van der Waals surface area contributed by atoms with E-state index in [1.165, 1.54) is 4.31 Å². The van der Waals surface area contributed by atoms with Crippen LogP contribution in [-0.4, -0.2) is 73.0 Å². The normalized spacial score (nSPS) is 24.0. The molecule has 1 amide bonds. The van der Waals surface area contributed by atoms with Gasteiger partial charge in [-0.1, -0.05) is 60.7 Å². The third-order valence-corrected chi connectivity index (χ3v) is 7.84. The van der Waals surface area contributed by atoms with Gasteiger partial charge < -0.3 is 10.4 Å². The Morgan fingerprint density at radius 3 is 1.93 bits per heavy atom. The van der Waals surface area contributed by atoms with Crippen LogP contribution in [0.15, 0.2) is 60.7 Å². The number of nitrogens with zero attached hydrogens (tertiary/aromatic N) is 2. The molecule has 2 fully saturated rings. The van der Waals surface area contributed by atoms with Crippen LogP contribution in [0.3, 0.4) is 0 Å². The van der Waals surface area contributed by atoms with Gasteiger partial charge in [0.25, 0.3) is 0 Å². The minimum atomic E-state index is -3.82. The van der Waals surface area contributed by atoms with Crippen molar-refractivity contribution in [3.8, 4) is 0 Å². The molecule has 2 atom stereocenters. The highest BCUT2D eigenvalue weighted by Gasteiger charge is 2.42. The number of aliphatic hydroxyl groups excluding tert-OH is 1. The molecule has 2 heterocycles. The van der Waals surface area contributed by atoms with E-state index in [1.54, 1.807) is 0 Å². The summed E-state index contributed by atoms with van der Waals surface area (Å²) in [7, 11) is -3.82. The first-order valence-corrected chi connectivity index (χ1v) is 11.5. The van der Waals surface area contributed by atoms with Crippen molar-refractivity contribution in [1.29, 1.82) is 0 Å². The van der Waals surface area contributed by atoms with Crippen LogP contribution >= 0.6 is 0 Å². The molecule has 0 aromatic heterocycles. The summed E-state index contributed by atoms with van der Waals surface area (Å²) >= 11 is 0. The molecule has 2 aliphatic rings. The highest BCUT2D eigenvalue weighted by Crippen LogP contribution is 2.30. The predicted octanol–water partition coefficient (Wildman–Crippen LogP) is 0.0873. The summed E-state index contributed by atoms with van der Waals surface area (Å²) in [5.41, 5.74) is 2.31. The number of piperazine rings is 1. The Kier molecular flexibility index (Phi) is 6.16. The highest BCUT2D eigenvalue weighted by atomic mass is 32.2. The van der Waals surface area contributed by atoms with Crippen molar-refractivity contribution in [2.45, 2.75) is 17.6 Å². The number of nitrogens with one attached hydrogen (secondary N) is 2. The van der Waals surface area contributed by atoms with Crippen LogP contribution in [0, 0.1) is 0 Å². The second-order valence-corrected chi connectivity index (χ2v) is 9.63. The molecule has 0 spiro atoms. The summed E-state index contributed by atoms with van der Waals surface area (Å²) < 4.78 is 27.4. The van der Waals surface area contributed by atoms with Crippen molar-refractivity contribution < 1.29 is 18.3 Å². The van der Waals surface area contributed by atoms with Gasteiger partial charge in [0.2, 0.25) is 15.9 Å². The van der Waals surface area contributed by atoms with Gasteiger partial charge in [-0.25, -0.2) is 8.42 Å². The second-order valence-electron chi connectivity index (χ2n) is 7.51. The maximum atomic E-state index is 13.0. The van der Waals surface area contributed by atoms with Crippen LogP contribution in [0.25, 0.3) is 0 Å². The van der Waals surface area contributed by atoms with Crippen LogP contribution in [0.1, 0.15) is 17.2 Å². The van der Waals surface area contributed by atoms with Crippen LogP contribution in [-0.2, 0) is 14.8 Å². The number of rotatable bonds is 5. The molecule has 3 N–H and O–H groups in total. The largest absolute Gasteiger partial charge is 0.361 e. The summed E-state index contributed by atoms with van der Waals surface area (Å²) in [6.07, 6.45) is -1.21. The van der Waals surface area contributed by atoms with Gasteiger partial charge in [0.1, 0.15) is 0 Å². The van der Waals surface area contributed by atoms with Gasteiger partial charge in [-0.15, -0.1) is 0 Å². The summed E-state index contributed by atoms with van der Waals surface area (Å²) in [6.45, 7) is 1.62. The first-order chi connectivity index (χ1) is 14.5. The van der Waals surface area contributed by atoms with Crippen molar-refractivity contribution in [1.82, 2.24) is 19.8 Å². The van der Waals surface area contributed by atoms with E-state index in [4.69, 9.17) is 0 Å². The first kappa shape index (κ1) is 21.0. The number of carbonyl (C=O) groups excluding carboxylic acids is 1. The maximum Gasteiger partial charge on any atom is 0.244 e. The average Bonchev–Trinajstić information content (AvgIpc) is 2.76. The molecular weight excluding hydrogens is 404 g/mol. The Balaban J connectivity index is 1.50. The summed E-state index contributed by atoms with van der Waals surface area (Å²) in [5, 5.41) is 13.0. The van der Waals surface area contributed by atoms with E-state index < -0.39 is 27.5 Å². The average molecular weight is 431 g/mol. The van der Waals surface area contributed by atoms with Gasteiger partial charge in [-0.3, -0.25) is 15.0 Å². The van der Waals surface area contributed by atoms with E-state index in [-0.39, 0.29) is 12.6 Å². The van der Waals surface area contributed by atoms with Gasteiger partial charge >= 0.3 is 0 Å². The van der Waals surface area contributed by atoms with Gasteiger partial charge in [0.05, 0.1) is 6.04 Å². The number of benzene rings is 2. The van der Waals surface area contributed by atoms with Crippen molar-refractivity contribution in [2.24, 2.45) is 0 Å². The quantitative estimate of drug-likeness (QED) is 0.621. The summed E-state index contributed by atoms with van der Waals surface area (Å²) in [5.74, 6) is -0.671. The number of hydrogen-bond acceptors (Lipinski definition) is 6. The number of amides is 1. The van der Waals surface area contributed by atoms with E-state index in [9.17, 15) is 18.3 Å². The molecule has 2 unspecified atom stereocenters. The third-order valence-electron chi connectivity index (χ3n) is 5.66. The molecule has 0 aliphatic carbocycles. The number of carbonyl (C=O) groups is 1. The molecular formula is C21H26N4O4S. The zero-order valence-electron chi connectivity index (χ0n) is 16.5. The monoisotopic (exact) mass is 430 g/mol. The van der Waals surface area contributed by atoms with Crippen molar-refractivity contribution in [2.75, 3.05) is 32.7 Å². The van der Waals surface area contributed by atoms with Crippen molar-refractivity contribution in [3.63, 3.8) is 0 Å². The number of aliphatic hydroxyl groups is 1. The predicted molar refractivity (Wildman–Crippen MR) is 113 cm³/mol. The molecule has 30 heavy (non-hydrogen) atoms. The molecule has 9 heteroatoms. The lowest BCUT2D eigenvalue weighted by Gasteiger charge is -2.40. The fourth-order valence-electron chi connectivity index (χ4n) is 4.11. The number of hydrogen-bond donors (Lipinski definition) is 3. The topological polar surface area (TPSA) is 102 Å². The van der Waals surface area contributed by atoms with E-state index in [0.717, 1.165) is 11.1 Å². The lowest BCUT2D eigenvalue weighted by atomic mass is 9.96. The molecule has 0 saturated carbocycles. The highest BCUT2D eigenvalue weighted by molar-refractivity contribution is 7.90. The molecule has 2 aromatic carbocycles. The minimum Gasteiger partial charge on any atom is -0.361 e. The lowest BCUT2D eigenvalue weighted by molar-refractivity contribution is -0.126. The second kappa shape index (κ2) is 8.83. The Morgan fingerprint density at radius 1 is 0.900 bits per heavy atom. The zero-order valence-corrected chi connectivity index (χ0v) is 17.3. The Morgan fingerprint density at radius 2 is 1.43 bits per heavy atom. The molecule has 2 aromatic rings. The summed E-state index contributed by atoms with van der Waals surface area (Å²) in [4.78, 5) is 14.4. The van der Waals surface area contributed by atoms with Crippen molar-refractivity contribution in [3.05, 3.63) is 71.8 Å². The van der Waals surface area contributed by atoms with Gasteiger partial charge in [0.15, 0.2) is 11.6 Å². The van der Waals surface area contributed by atoms with Crippen molar-refractivity contribution >= 4 is 15.9 Å². The lowest BCUT2D eigenvalue weighted by Crippen LogP contribution is -2.63. The van der Waals surface area contributed by atoms with Gasteiger partial charge in [0, 0.05) is 32.7 Å². The zero-order chi connectivity index (χ0) is 21.1. The Labute approximate surface area is 176 Å². The van der Waals surface area contributed by atoms with Crippen LogP contribution < -0.4 is 10.6 Å². The van der Waals surface area contributed by atoms with Crippen LogP contribution in [0.5, 0.6) is 0 Å².